The lowest BCUT2D eigenvalue weighted by Gasteiger charge is -2.12. The smallest absolute Gasteiger partial charge is 0.321 e. The summed E-state index contributed by atoms with van der Waals surface area (Å²) < 4.78 is 10.7. The molecule has 1 aliphatic rings. The molecule has 2 N–H and O–H groups in total. The first-order chi connectivity index (χ1) is 9.19. The van der Waals surface area contributed by atoms with E-state index in [4.69, 9.17) is 14.6 Å². The van der Waals surface area contributed by atoms with Gasteiger partial charge in [-0.3, -0.25) is 10.1 Å². The van der Waals surface area contributed by atoms with Crippen LogP contribution in [0.4, 0.5) is 0 Å². The first-order valence-electron chi connectivity index (χ1n) is 6.06. The molecule has 2 unspecified atom stereocenters. The maximum absolute atomic E-state index is 10.8. The third kappa shape index (κ3) is 4.04. The van der Waals surface area contributed by atoms with Crippen LogP contribution in [0.2, 0.25) is 0 Å². The fourth-order valence-corrected chi connectivity index (χ4v) is 2.98. The van der Waals surface area contributed by atoms with Crippen molar-refractivity contribution in [2.45, 2.75) is 17.8 Å². The highest BCUT2D eigenvalue weighted by molar-refractivity contribution is 8.00. The maximum atomic E-state index is 10.8. The van der Waals surface area contributed by atoms with Gasteiger partial charge in [0.1, 0.15) is 17.5 Å². The van der Waals surface area contributed by atoms with Crippen molar-refractivity contribution >= 4 is 17.7 Å². The molecule has 2 rings (SSSR count). The molecule has 1 saturated heterocycles. The van der Waals surface area contributed by atoms with Gasteiger partial charge in [0.15, 0.2) is 0 Å². The number of ether oxygens (including phenoxy) is 2. The van der Waals surface area contributed by atoms with Crippen LogP contribution in [-0.4, -0.2) is 42.0 Å². The molecule has 104 valence electrons. The van der Waals surface area contributed by atoms with Crippen molar-refractivity contribution in [2.75, 3.05) is 19.5 Å². The van der Waals surface area contributed by atoms with Gasteiger partial charge in [0.05, 0.1) is 19.1 Å². The molecule has 0 radical (unpaired) electrons. The maximum Gasteiger partial charge on any atom is 0.321 e. The van der Waals surface area contributed by atoms with E-state index < -0.39 is 12.0 Å². The van der Waals surface area contributed by atoms with Crippen LogP contribution in [0.5, 0.6) is 11.5 Å². The number of hydrogen-bond donors (Lipinski definition) is 2. The summed E-state index contributed by atoms with van der Waals surface area (Å²) in [4.78, 5) is 10.8. The summed E-state index contributed by atoms with van der Waals surface area (Å²) >= 11 is 1.63. The SMILES string of the molecule is COc1ccc(OCCC2NC(C(=O)O)CS2)cc1. The lowest BCUT2D eigenvalue weighted by molar-refractivity contribution is -0.138. The number of thioether (sulfide) groups is 1. The molecule has 1 aromatic carbocycles. The topological polar surface area (TPSA) is 67.8 Å². The third-order valence-electron chi connectivity index (χ3n) is 2.86. The molecular weight excluding hydrogens is 266 g/mol. The monoisotopic (exact) mass is 283 g/mol. The van der Waals surface area contributed by atoms with E-state index in [1.165, 1.54) is 0 Å². The van der Waals surface area contributed by atoms with Gasteiger partial charge in [0.25, 0.3) is 0 Å². The van der Waals surface area contributed by atoms with Crippen molar-refractivity contribution in [2.24, 2.45) is 0 Å². The molecule has 0 saturated carbocycles. The molecule has 0 spiro atoms. The predicted octanol–water partition coefficient (Wildman–Crippen LogP) is 1.58. The highest BCUT2D eigenvalue weighted by Gasteiger charge is 2.28. The molecule has 0 bridgehead atoms. The third-order valence-corrected chi connectivity index (χ3v) is 4.16. The van der Waals surface area contributed by atoms with Crippen LogP contribution in [0.3, 0.4) is 0 Å². The van der Waals surface area contributed by atoms with Crippen LogP contribution >= 0.6 is 11.8 Å². The van der Waals surface area contributed by atoms with Gasteiger partial charge in [0.2, 0.25) is 0 Å². The fourth-order valence-electron chi connectivity index (χ4n) is 1.80. The van der Waals surface area contributed by atoms with Gasteiger partial charge in [-0.2, -0.15) is 0 Å². The van der Waals surface area contributed by atoms with E-state index in [1.807, 2.05) is 24.3 Å². The molecule has 0 amide bonds. The zero-order chi connectivity index (χ0) is 13.7. The van der Waals surface area contributed by atoms with E-state index in [9.17, 15) is 4.79 Å². The van der Waals surface area contributed by atoms with Gasteiger partial charge in [-0.15, -0.1) is 11.8 Å². The highest BCUT2D eigenvalue weighted by Crippen LogP contribution is 2.22. The Labute approximate surface area is 116 Å². The largest absolute Gasteiger partial charge is 0.497 e. The summed E-state index contributed by atoms with van der Waals surface area (Å²) in [5.74, 6) is 1.41. The molecule has 19 heavy (non-hydrogen) atoms. The zero-order valence-electron chi connectivity index (χ0n) is 10.7. The van der Waals surface area contributed by atoms with Crippen LogP contribution in [0.1, 0.15) is 6.42 Å². The van der Waals surface area contributed by atoms with E-state index in [0.29, 0.717) is 12.4 Å². The van der Waals surface area contributed by atoms with Crippen molar-refractivity contribution in [3.05, 3.63) is 24.3 Å². The minimum absolute atomic E-state index is 0.152. The number of aliphatic carboxylic acids is 1. The van der Waals surface area contributed by atoms with Gasteiger partial charge >= 0.3 is 5.97 Å². The van der Waals surface area contributed by atoms with E-state index in [1.54, 1.807) is 18.9 Å². The summed E-state index contributed by atoms with van der Waals surface area (Å²) in [6.07, 6.45) is 0.778. The van der Waals surface area contributed by atoms with E-state index in [0.717, 1.165) is 17.9 Å². The molecule has 1 aromatic rings. The predicted molar refractivity (Wildman–Crippen MR) is 73.9 cm³/mol. The second-order valence-corrected chi connectivity index (χ2v) is 5.43. The Bertz CT molecular complexity index is 423. The van der Waals surface area contributed by atoms with Crippen molar-refractivity contribution in [3.8, 4) is 11.5 Å². The minimum Gasteiger partial charge on any atom is -0.497 e. The number of hydrogen-bond acceptors (Lipinski definition) is 5. The second kappa shape index (κ2) is 6.68. The summed E-state index contributed by atoms with van der Waals surface area (Å²) in [7, 11) is 1.62. The van der Waals surface area contributed by atoms with E-state index in [2.05, 4.69) is 5.32 Å². The van der Waals surface area contributed by atoms with Gasteiger partial charge < -0.3 is 14.6 Å². The highest BCUT2D eigenvalue weighted by atomic mass is 32.2. The molecule has 1 aliphatic heterocycles. The number of carboxylic acids is 1. The zero-order valence-corrected chi connectivity index (χ0v) is 11.5. The average Bonchev–Trinajstić information content (AvgIpc) is 2.89. The van der Waals surface area contributed by atoms with E-state index >= 15 is 0 Å². The Balaban J connectivity index is 1.70. The molecular formula is C13H17NO4S. The van der Waals surface area contributed by atoms with E-state index in [-0.39, 0.29) is 5.37 Å². The Kier molecular flexibility index (Phi) is 4.93. The molecule has 0 aromatic heterocycles. The van der Waals surface area contributed by atoms with Gasteiger partial charge in [-0.05, 0) is 24.3 Å². The van der Waals surface area contributed by atoms with Crippen LogP contribution in [0.15, 0.2) is 24.3 Å². The summed E-state index contributed by atoms with van der Waals surface area (Å²) in [5, 5.41) is 12.1. The number of carboxylic acid groups (broad SMARTS) is 1. The number of rotatable bonds is 6. The van der Waals surface area contributed by atoms with Crippen molar-refractivity contribution < 1.29 is 19.4 Å². The Morgan fingerprint density at radius 1 is 1.42 bits per heavy atom. The Hall–Kier alpha value is -1.40. The number of methoxy groups -OCH3 is 1. The molecule has 6 heteroatoms. The Morgan fingerprint density at radius 3 is 2.68 bits per heavy atom. The van der Waals surface area contributed by atoms with Crippen molar-refractivity contribution in [1.29, 1.82) is 0 Å². The molecule has 1 fully saturated rings. The fraction of sp³-hybridized carbons (Fsp3) is 0.462. The lowest BCUT2D eigenvalue weighted by atomic mass is 10.3. The van der Waals surface area contributed by atoms with Crippen LogP contribution in [0, 0.1) is 0 Å². The number of benzene rings is 1. The van der Waals surface area contributed by atoms with Crippen molar-refractivity contribution in [3.63, 3.8) is 0 Å². The second-order valence-electron chi connectivity index (χ2n) is 4.19. The standard InChI is InChI=1S/C13H17NO4S/c1-17-9-2-4-10(5-3-9)18-7-6-12-14-11(8-19-12)13(15)16/h2-5,11-12,14H,6-8H2,1H3,(H,15,16). The van der Waals surface area contributed by atoms with Crippen LogP contribution in [0.25, 0.3) is 0 Å². The van der Waals surface area contributed by atoms with Gasteiger partial charge in [-0.25, -0.2) is 0 Å². The first-order valence-corrected chi connectivity index (χ1v) is 7.11. The molecule has 0 aliphatic carbocycles. The number of carbonyl (C=O) groups is 1. The first kappa shape index (κ1) is 14.0. The summed E-state index contributed by atoms with van der Waals surface area (Å²) in [5.41, 5.74) is 0. The molecule has 5 nitrogen and oxygen atoms in total. The molecule has 2 atom stereocenters. The summed E-state index contributed by atoms with van der Waals surface area (Å²) in [6.45, 7) is 0.559. The van der Waals surface area contributed by atoms with Crippen molar-refractivity contribution in [1.82, 2.24) is 5.32 Å². The Morgan fingerprint density at radius 2 is 2.11 bits per heavy atom. The minimum atomic E-state index is -0.786. The normalized spacial score (nSPS) is 22.2. The van der Waals surface area contributed by atoms with Gasteiger partial charge in [-0.1, -0.05) is 0 Å². The van der Waals surface area contributed by atoms with Crippen LogP contribution in [-0.2, 0) is 4.79 Å². The summed E-state index contributed by atoms with van der Waals surface area (Å²) in [6, 6.07) is 6.97. The van der Waals surface area contributed by atoms with Crippen LogP contribution < -0.4 is 14.8 Å². The number of nitrogens with one attached hydrogen (secondary N) is 1. The molecule has 1 heterocycles. The average molecular weight is 283 g/mol. The quantitative estimate of drug-likeness (QED) is 0.826. The lowest BCUT2D eigenvalue weighted by Crippen LogP contribution is -2.36. The van der Waals surface area contributed by atoms with Gasteiger partial charge in [0, 0.05) is 12.2 Å².